The minimum absolute atomic E-state index is 0. The number of hydrogen-bond acceptors (Lipinski definition) is 4. The standard InChI is InChI=1S/C21H35N5O2.HI/c1-6-27-13-8-11-22-21(23-12-10-19-9-7-14-28-19)24-16(2)15-20-17(3)25-26(5)18(20)4;/h7,9,14,16H,6,8,10-13,15H2,1-5H3,(H2,22,23,24);1H. The van der Waals surface area contributed by atoms with Gasteiger partial charge in [0, 0.05) is 51.5 Å². The number of hydrogen-bond donors (Lipinski definition) is 2. The molecule has 0 aliphatic heterocycles. The smallest absolute Gasteiger partial charge is 0.191 e. The summed E-state index contributed by atoms with van der Waals surface area (Å²) in [6, 6.07) is 4.14. The average molecular weight is 517 g/mol. The third-order valence-electron chi connectivity index (χ3n) is 4.72. The molecule has 2 aromatic rings. The van der Waals surface area contributed by atoms with Gasteiger partial charge in [-0.15, -0.1) is 24.0 Å². The molecule has 0 radical (unpaired) electrons. The molecule has 1 atom stereocenters. The van der Waals surface area contributed by atoms with Crippen LogP contribution in [-0.2, 0) is 24.6 Å². The fraction of sp³-hybridized carbons (Fsp3) is 0.619. The monoisotopic (exact) mass is 517 g/mol. The Hall–Kier alpha value is -1.55. The summed E-state index contributed by atoms with van der Waals surface area (Å²) in [4.78, 5) is 4.71. The lowest BCUT2D eigenvalue weighted by atomic mass is 10.1. The Morgan fingerprint density at radius 3 is 2.79 bits per heavy atom. The number of guanidine groups is 1. The van der Waals surface area contributed by atoms with Crippen molar-refractivity contribution < 1.29 is 9.15 Å². The Morgan fingerprint density at radius 1 is 1.38 bits per heavy atom. The first kappa shape index (κ1) is 25.5. The highest BCUT2D eigenvalue weighted by molar-refractivity contribution is 14.0. The molecular weight excluding hydrogens is 481 g/mol. The van der Waals surface area contributed by atoms with E-state index in [2.05, 4.69) is 36.5 Å². The molecule has 0 aliphatic rings. The second-order valence-electron chi connectivity index (χ2n) is 7.06. The molecule has 7 nitrogen and oxygen atoms in total. The van der Waals surface area contributed by atoms with Crippen molar-refractivity contribution in [2.45, 2.75) is 53.0 Å². The topological polar surface area (TPSA) is 76.6 Å². The van der Waals surface area contributed by atoms with Crippen LogP contribution < -0.4 is 10.6 Å². The largest absolute Gasteiger partial charge is 0.469 e. The summed E-state index contributed by atoms with van der Waals surface area (Å²) in [6.07, 6.45) is 4.34. The predicted octanol–water partition coefficient (Wildman–Crippen LogP) is 3.38. The van der Waals surface area contributed by atoms with Gasteiger partial charge in [-0.25, -0.2) is 0 Å². The number of aryl methyl sites for hydroxylation is 2. The van der Waals surface area contributed by atoms with Crippen molar-refractivity contribution >= 4 is 29.9 Å². The lowest BCUT2D eigenvalue weighted by molar-refractivity contribution is 0.146. The SMILES string of the molecule is CCOCCCN=C(NCCc1ccco1)NC(C)Cc1c(C)nn(C)c1C.I. The van der Waals surface area contributed by atoms with Gasteiger partial charge in [-0.3, -0.25) is 9.67 Å². The lowest BCUT2D eigenvalue weighted by Gasteiger charge is -2.18. The van der Waals surface area contributed by atoms with Crippen molar-refractivity contribution in [1.29, 1.82) is 0 Å². The van der Waals surface area contributed by atoms with Gasteiger partial charge in [-0.2, -0.15) is 5.10 Å². The van der Waals surface area contributed by atoms with E-state index in [1.807, 2.05) is 30.8 Å². The molecule has 2 N–H and O–H groups in total. The van der Waals surface area contributed by atoms with Crippen LogP contribution in [0.3, 0.4) is 0 Å². The van der Waals surface area contributed by atoms with E-state index in [-0.39, 0.29) is 30.0 Å². The maximum Gasteiger partial charge on any atom is 0.191 e. The molecule has 2 rings (SSSR count). The van der Waals surface area contributed by atoms with Crippen LogP contribution in [0.5, 0.6) is 0 Å². The Kier molecular flexibility index (Phi) is 12.0. The second kappa shape index (κ2) is 13.6. The number of halogens is 1. The van der Waals surface area contributed by atoms with Gasteiger partial charge in [0.1, 0.15) is 5.76 Å². The molecule has 0 fully saturated rings. The Balaban J connectivity index is 0.00000420. The minimum Gasteiger partial charge on any atom is -0.469 e. The molecule has 2 aromatic heterocycles. The molecule has 8 heteroatoms. The predicted molar refractivity (Wildman–Crippen MR) is 128 cm³/mol. The third kappa shape index (κ3) is 8.77. The van der Waals surface area contributed by atoms with Crippen LogP contribution in [0.25, 0.3) is 0 Å². The summed E-state index contributed by atoms with van der Waals surface area (Å²) >= 11 is 0. The molecule has 0 saturated carbocycles. The van der Waals surface area contributed by atoms with Crippen LogP contribution in [-0.4, -0.2) is 48.1 Å². The number of nitrogens with zero attached hydrogens (tertiary/aromatic N) is 3. The number of aliphatic imine (C=N–C) groups is 1. The van der Waals surface area contributed by atoms with Crippen LogP contribution >= 0.6 is 24.0 Å². The zero-order valence-corrected chi connectivity index (χ0v) is 20.7. The van der Waals surface area contributed by atoms with Crippen molar-refractivity contribution in [3.05, 3.63) is 41.1 Å². The molecule has 0 spiro atoms. The van der Waals surface area contributed by atoms with Gasteiger partial charge in [0.2, 0.25) is 0 Å². The number of furan rings is 1. The molecule has 2 heterocycles. The summed E-state index contributed by atoms with van der Waals surface area (Å²) in [5.41, 5.74) is 3.61. The van der Waals surface area contributed by atoms with Gasteiger partial charge in [0.05, 0.1) is 12.0 Å². The van der Waals surface area contributed by atoms with Gasteiger partial charge in [0.25, 0.3) is 0 Å². The van der Waals surface area contributed by atoms with Crippen LogP contribution in [0.1, 0.15) is 43.0 Å². The van der Waals surface area contributed by atoms with E-state index in [0.29, 0.717) is 0 Å². The van der Waals surface area contributed by atoms with Crippen LogP contribution in [0.4, 0.5) is 0 Å². The van der Waals surface area contributed by atoms with Crippen LogP contribution in [0.15, 0.2) is 27.8 Å². The van der Waals surface area contributed by atoms with Crippen LogP contribution in [0, 0.1) is 13.8 Å². The summed E-state index contributed by atoms with van der Waals surface area (Å²) in [6.45, 7) is 11.4. The van der Waals surface area contributed by atoms with Crippen LogP contribution in [0.2, 0.25) is 0 Å². The maximum atomic E-state index is 5.40. The van der Waals surface area contributed by atoms with E-state index in [9.17, 15) is 0 Å². The van der Waals surface area contributed by atoms with Crippen molar-refractivity contribution in [1.82, 2.24) is 20.4 Å². The van der Waals surface area contributed by atoms with E-state index >= 15 is 0 Å². The normalized spacial score (nSPS) is 12.5. The van der Waals surface area contributed by atoms with E-state index in [1.165, 1.54) is 11.3 Å². The number of nitrogens with one attached hydrogen (secondary N) is 2. The van der Waals surface area contributed by atoms with E-state index < -0.39 is 0 Å². The Labute approximate surface area is 191 Å². The van der Waals surface area contributed by atoms with E-state index in [4.69, 9.17) is 14.1 Å². The molecule has 0 amide bonds. The molecule has 29 heavy (non-hydrogen) atoms. The molecule has 164 valence electrons. The fourth-order valence-corrected chi connectivity index (χ4v) is 3.12. The Morgan fingerprint density at radius 2 is 2.17 bits per heavy atom. The first-order chi connectivity index (χ1) is 13.5. The molecule has 0 saturated heterocycles. The zero-order chi connectivity index (χ0) is 20.4. The molecule has 0 aliphatic carbocycles. The number of rotatable bonds is 11. The molecule has 1 unspecified atom stereocenters. The molecule has 0 aromatic carbocycles. The molecular formula is C21H36IN5O2. The third-order valence-corrected chi connectivity index (χ3v) is 4.72. The lowest BCUT2D eigenvalue weighted by Crippen LogP contribution is -2.44. The van der Waals surface area contributed by atoms with Crippen molar-refractivity contribution in [3.63, 3.8) is 0 Å². The minimum atomic E-state index is 0. The second-order valence-corrected chi connectivity index (χ2v) is 7.06. The highest BCUT2D eigenvalue weighted by atomic mass is 127. The van der Waals surface area contributed by atoms with Gasteiger partial charge in [0.15, 0.2) is 5.96 Å². The Bertz CT molecular complexity index is 728. The summed E-state index contributed by atoms with van der Waals surface area (Å²) in [5.74, 6) is 1.80. The van der Waals surface area contributed by atoms with Gasteiger partial charge >= 0.3 is 0 Å². The summed E-state index contributed by atoms with van der Waals surface area (Å²) < 4.78 is 12.8. The fourth-order valence-electron chi connectivity index (χ4n) is 3.12. The van der Waals surface area contributed by atoms with Gasteiger partial charge in [-0.05, 0) is 58.2 Å². The summed E-state index contributed by atoms with van der Waals surface area (Å²) in [7, 11) is 1.99. The van der Waals surface area contributed by atoms with E-state index in [0.717, 1.165) is 63.0 Å². The quantitative estimate of drug-likeness (QED) is 0.207. The van der Waals surface area contributed by atoms with Gasteiger partial charge < -0.3 is 19.8 Å². The highest BCUT2D eigenvalue weighted by Gasteiger charge is 2.14. The molecule has 0 bridgehead atoms. The zero-order valence-electron chi connectivity index (χ0n) is 18.3. The van der Waals surface area contributed by atoms with Crippen molar-refractivity contribution in [2.24, 2.45) is 12.0 Å². The average Bonchev–Trinajstić information content (AvgIpc) is 3.25. The van der Waals surface area contributed by atoms with E-state index in [1.54, 1.807) is 6.26 Å². The van der Waals surface area contributed by atoms with Gasteiger partial charge in [-0.1, -0.05) is 0 Å². The van der Waals surface area contributed by atoms with Crippen molar-refractivity contribution in [3.8, 4) is 0 Å². The first-order valence-corrected chi connectivity index (χ1v) is 10.1. The van der Waals surface area contributed by atoms with Crippen molar-refractivity contribution in [2.75, 3.05) is 26.3 Å². The maximum absolute atomic E-state index is 5.40. The number of ether oxygens (including phenoxy) is 1. The summed E-state index contributed by atoms with van der Waals surface area (Å²) in [5, 5.41) is 11.5. The highest BCUT2D eigenvalue weighted by Crippen LogP contribution is 2.14. The first-order valence-electron chi connectivity index (χ1n) is 10.1. The number of aromatic nitrogens is 2.